The Bertz CT molecular complexity index is 3610. The molecule has 78 heavy (non-hydrogen) atoms. The molecule has 374 valence electrons. The van der Waals surface area contributed by atoms with Gasteiger partial charge in [-0.3, -0.25) is 0 Å². The lowest BCUT2D eigenvalue weighted by Crippen LogP contribution is -2.12. The molecule has 0 saturated heterocycles. The molecule has 4 nitrogen and oxygen atoms in total. The summed E-state index contributed by atoms with van der Waals surface area (Å²) in [6.07, 6.45) is 0. The average Bonchev–Trinajstić information content (AvgIpc) is 3.52. The third-order valence-electron chi connectivity index (χ3n) is 14.4. The van der Waals surface area contributed by atoms with E-state index in [1.165, 1.54) is 22.3 Å². The first-order valence-electron chi connectivity index (χ1n) is 26.6. The van der Waals surface area contributed by atoms with Crippen LogP contribution in [0.25, 0.3) is 33.4 Å². The van der Waals surface area contributed by atoms with E-state index in [0.29, 0.717) is 0 Å². The molecule has 0 spiro atoms. The van der Waals surface area contributed by atoms with Gasteiger partial charge >= 0.3 is 0 Å². The zero-order chi connectivity index (χ0) is 52.6. The van der Waals surface area contributed by atoms with E-state index in [9.17, 15) is 0 Å². The first-order chi connectivity index (χ1) is 38.5. The van der Waals surface area contributed by atoms with E-state index < -0.39 is 0 Å². The van der Waals surface area contributed by atoms with Crippen molar-refractivity contribution in [2.45, 2.75) is 13.8 Å². The second-order valence-electron chi connectivity index (χ2n) is 19.6. The van der Waals surface area contributed by atoms with Crippen molar-refractivity contribution in [3.63, 3.8) is 0 Å². The highest BCUT2D eigenvalue weighted by atomic mass is 15.2. The summed E-state index contributed by atoms with van der Waals surface area (Å²) in [5.41, 5.74) is 22.6. The number of para-hydroxylation sites is 4. The smallest absolute Gasteiger partial charge is 0.0467 e. The summed E-state index contributed by atoms with van der Waals surface area (Å²) in [4.78, 5) is 9.28. The molecule has 0 amide bonds. The highest BCUT2D eigenvalue weighted by Gasteiger charge is 2.19. The quantitative estimate of drug-likeness (QED) is 0.101. The van der Waals surface area contributed by atoms with Gasteiger partial charge in [-0.25, -0.2) is 0 Å². The van der Waals surface area contributed by atoms with Crippen molar-refractivity contribution in [1.29, 1.82) is 0 Å². The summed E-state index contributed by atoms with van der Waals surface area (Å²) < 4.78 is 0. The maximum Gasteiger partial charge on any atom is 0.0467 e. The Morgan fingerprint density at radius 3 is 0.603 bits per heavy atom. The first kappa shape index (κ1) is 48.8. The molecule has 0 unspecified atom stereocenters. The number of anilines is 12. The summed E-state index contributed by atoms with van der Waals surface area (Å²) in [5.74, 6) is 0. The average molecular weight is 1000 g/mol. The van der Waals surface area contributed by atoms with E-state index in [-0.39, 0.29) is 0 Å². The molecule has 0 saturated carbocycles. The van der Waals surface area contributed by atoms with Crippen LogP contribution in [-0.2, 0) is 0 Å². The van der Waals surface area contributed by atoms with Crippen LogP contribution in [0.5, 0.6) is 0 Å². The third-order valence-corrected chi connectivity index (χ3v) is 14.4. The van der Waals surface area contributed by atoms with Crippen molar-refractivity contribution in [2.75, 3.05) is 19.6 Å². The van der Waals surface area contributed by atoms with Gasteiger partial charge in [-0.1, -0.05) is 181 Å². The summed E-state index contributed by atoms with van der Waals surface area (Å²) in [6, 6.07) is 113. The molecule has 0 aliphatic rings. The highest BCUT2D eigenvalue weighted by molar-refractivity contribution is 5.86. The minimum atomic E-state index is 1.08. The van der Waals surface area contributed by atoms with Gasteiger partial charge < -0.3 is 19.6 Å². The summed E-state index contributed by atoms with van der Waals surface area (Å²) in [6.45, 7) is 4.25. The number of hydrogen-bond acceptors (Lipinski definition) is 4. The molecule has 12 aromatic carbocycles. The molecule has 12 rings (SSSR count). The summed E-state index contributed by atoms with van der Waals surface area (Å²) in [7, 11) is 0. The van der Waals surface area contributed by atoms with Gasteiger partial charge in [0, 0.05) is 68.2 Å². The molecular weight excluding hydrogens is 945 g/mol. The summed E-state index contributed by atoms with van der Waals surface area (Å²) >= 11 is 0. The van der Waals surface area contributed by atoms with Gasteiger partial charge in [0.2, 0.25) is 0 Å². The fourth-order valence-corrected chi connectivity index (χ4v) is 10.3. The second kappa shape index (κ2) is 22.4. The van der Waals surface area contributed by atoms with E-state index >= 15 is 0 Å². The molecule has 0 N–H and O–H groups in total. The molecule has 0 aromatic heterocycles. The number of rotatable bonds is 15. The van der Waals surface area contributed by atoms with E-state index in [2.05, 4.69) is 349 Å². The molecule has 4 heteroatoms. The van der Waals surface area contributed by atoms with Gasteiger partial charge in [0.25, 0.3) is 0 Å². The summed E-state index contributed by atoms with van der Waals surface area (Å²) in [5, 5.41) is 0. The Kier molecular flexibility index (Phi) is 14.0. The van der Waals surface area contributed by atoms with Gasteiger partial charge in [0.15, 0.2) is 0 Å². The van der Waals surface area contributed by atoms with E-state index in [1.54, 1.807) is 0 Å². The van der Waals surface area contributed by atoms with Crippen molar-refractivity contribution >= 4 is 68.2 Å². The first-order valence-corrected chi connectivity index (χ1v) is 26.6. The molecular formula is C74H58N4. The molecule has 0 atom stereocenters. The van der Waals surface area contributed by atoms with E-state index in [0.717, 1.165) is 90.5 Å². The lowest BCUT2D eigenvalue weighted by atomic mass is 9.97. The normalized spacial score (nSPS) is 10.9. The Morgan fingerprint density at radius 2 is 0.346 bits per heavy atom. The van der Waals surface area contributed by atoms with Crippen LogP contribution in [0.1, 0.15) is 11.1 Å². The molecule has 0 aliphatic carbocycles. The van der Waals surface area contributed by atoms with Crippen molar-refractivity contribution < 1.29 is 0 Å². The Balaban J connectivity index is 0.789. The zero-order valence-electron chi connectivity index (χ0n) is 43.8. The predicted octanol–water partition coefficient (Wildman–Crippen LogP) is 21.2. The highest BCUT2D eigenvalue weighted by Crippen LogP contribution is 2.43. The minimum Gasteiger partial charge on any atom is -0.311 e. The fourth-order valence-electron chi connectivity index (χ4n) is 10.3. The molecule has 0 radical (unpaired) electrons. The molecule has 0 aliphatic heterocycles. The third kappa shape index (κ3) is 10.6. The minimum absolute atomic E-state index is 1.08. The number of benzene rings is 12. The topological polar surface area (TPSA) is 13.0 Å². The Hall–Kier alpha value is -10.2. The maximum absolute atomic E-state index is 2.33. The van der Waals surface area contributed by atoms with Crippen LogP contribution in [0.2, 0.25) is 0 Å². The van der Waals surface area contributed by atoms with Gasteiger partial charge in [0.05, 0.1) is 0 Å². The van der Waals surface area contributed by atoms with Crippen molar-refractivity contribution in [1.82, 2.24) is 0 Å². The van der Waals surface area contributed by atoms with Gasteiger partial charge in [-0.05, 0) is 193 Å². The van der Waals surface area contributed by atoms with Crippen LogP contribution in [0.15, 0.2) is 315 Å². The van der Waals surface area contributed by atoms with Crippen LogP contribution < -0.4 is 19.6 Å². The van der Waals surface area contributed by atoms with Gasteiger partial charge in [-0.2, -0.15) is 0 Å². The Morgan fingerprint density at radius 1 is 0.154 bits per heavy atom. The van der Waals surface area contributed by atoms with Crippen molar-refractivity contribution in [3.8, 4) is 33.4 Å². The van der Waals surface area contributed by atoms with Gasteiger partial charge in [-0.15, -0.1) is 0 Å². The lowest BCUT2D eigenvalue weighted by molar-refractivity contribution is 1.25. The fraction of sp³-hybridized carbons (Fsp3) is 0.0270. The maximum atomic E-state index is 2.33. The van der Waals surface area contributed by atoms with Crippen LogP contribution in [0.4, 0.5) is 68.2 Å². The number of nitrogens with zero attached hydrogens (tertiary/aromatic N) is 4. The van der Waals surface area contributed by atoms with Crippen LogP contribution >= 0.6 is 0 Å². The largest absolute Gasteiger partial charge is 0.311 e. The van der Waals surface area contributed by atoms with Crippen LogP contribution in [0, 0.1) is 13.8 Å². The Labute approximate surface area is 459 Å². The molecule has 12 aromatic rings. The molecule has 0 bridgehead atoms. The van der Waals surface area contributed by atoms with Crippen molar-refractivity contribution in [2.24, 2.45) is 0 Å². The zero-order valence-corrected chi connectivity index (χ0v) is 43.8. The molecule has 0 fully saturated rings. The number of aryl methyl sites for hydroxylation is 2. The van der Waals surface area contributed by atoms with E-state index in [1.807, 2.05) is 0 Å². The monoisotopic (exact) mass is 1000 g/mol. The lowest BCUT2D eigenvalue weighted by Gasteiger charge is -2.28. The standard InChI is InChI=1S/C74H58N4/c1-55-29-41-67(42-30-55)75(63-19-7-3-8-20-63)69-45-49-71(50-46-69)77(65-23-11-5-12-24-65)73-27-15-17-61(53-73)59-37-33-57(34-38-59)58-35-39-60(40-36-58)62-18-16-28-74(54-62)78(66-25-13-6-14-26-66)72-51-47-70(48-52-72)76(64-21-9-4-10-22-64)68-43-31-56(2)32-44-68/h3-54H,1-2H3. The van der Waals surface area contributed by atoms with E-state index in [4.69, 9.17) is 0 Å². The van der Waals surface area contributed by atoms with Crippen LogP contribution in [-0.4, -0.2) is 0 Å². The number of hydrogen-bond donors (Lipinski definition) is 0. The SMILES string of the molecule is Cc1ccc(N(c2ccccc2)c2ccc(N(c3ccccc3)c3cccc(-c4ccc(-c5ccc(-c6cccc(N(c7ccccc7)c7ccc(N(c8ccccc8)c8ccc(C)cc8)cc7)c6)cc5)cc4)c3)cc2)cc1. The second-order valence-corrected chi connectivity index (χ2v) is 19.6. The predicted molar refractivity (Wildman–Crippen MR) is 331 cm³/mol. The van der Waals surface area contributed by atoms with Crippen molar-refractivity contribution in [3.05, 3.63) is 327 Å². The van der Waals surface area contributed by atoms with Gasteiger partial charge in [0.1, 0.15) is 0 Å². The molecule has 0 heterocycles. The van der Waals surface area contributed by atoms with Crippen LogP contribution in [0.3, 0.4) is 0 Å².